The molecule has 7 nitrogen and oxygen atoms in total. The number of fused-ring (bicyclic) bond motifs is 2. The van der Waals surface area contributed by atoms with Crippen LogP contribution in [0.5, 0.6) is 5.75 Å². The summed E-state index contributed by atoms with van der Waals surface area (Å²) in [6.07, 6.45) is 0.874. The maximum Gasteiger partial charge on any atom is 0.297 e. The molecule has 2 aromatic heterocycles. The Bertz CT molecular complexity index is 1410. The number of carbonyl (C=O) groups is 1. The molecule has 0 fully saturated rings. The monoisotopic (exact) mass is 461 g/mol. The van der Waals surface area contributed by atoms with Gasteiger partial charge in [0.25, 0.3) is 5.91 Å². The second-order valence-electron chi connectivity index (χ2n) is 8.25. The van der Waals surface area contributed by atoms with E-state index in [1.807, 2.05) is 45.0 Å². The predicted octanol–water partition coefficient (Wildman–Crippen LogP) is 5.31. The number of amides is 1. The molecule has 0 N–H and O–H groups in total. The molecular weight excluding hydrogens is 438 g/mol. The van der Waals surface area contributed by atoms with Gasteiger partial charge in [0, 0.05) is 5.92 Å². The molecule has 0 saturated carbocycles. The maximum atomic E-state index is 13.6. The number of hydrogen-bond acceptors (Lipinski definition) is 7. The average Bonchev–Trinajstić information content (AvgIpc) is 3.42. The standard InChI is InChI=1S/C25H23N3O4S/c1-4-12-31-16-9-7-8-15(13-16)20-19-21(29)17-10-5-6-11-18(17)32-22(19)24(30)28(20)25-27-26-23(33-25)14(2)3/h5-11,13-14,20H,4,12H2,1-3H3/t20-/m0/s1. The lowest BCUT2D eigenvalue weighted by atomic mass is 9.98. The minimum atomic E-state index is -0.688. The molecular formula is C25H23N3O4S. The summed E-state index contributed by atoms with van der Waals surface area (Å²) in [5.74, 6) is 0.498. The molecule has 168 valence electrons. The first kappa shape index (κ1) is 21.3. The van der Waals surface area contributed by atoms with E-state index in [-0.39, 0.29) is 17.1 Å². The smallest absolute Gasteiger partial charge is 0.297 e. The van der Waals surface area contributed by atoms with Crippen LogP contribution < -0.4 is 15.1 Å². The van der Waals surface area contributed by atoms with Crippen LogP contribution in [0.15, 0.2) is 57.7 Å². The molecule has 4 aromatic rings. The zero-order valence-electron chi connectivity index (χ0n) is 18.6. The van der Waals surface area contributed by atoms with Gasteiger partial charge in [0.1, 0.15) is 16.3 Å². The Balaban J connectivity index is 1.73. The van der Waals surface area contributed by atoms with Crippen LogP contribution >= 0.6 is 11.3 Å². The number of anilines is 1. The molecule has 2 aromatic carbocycles. The number of nitrogens with zero attached hydrogens (tertiary/aromatic N) is 3. The van der Waals surface area contributed by atoms with Crippen LogP contribution in [0.4, 0.5) is 5.13 Å². The molecule has 1 aliphatic heterocycles. The van der Waals surface area contributed by atoms with E-state index in [9.17, 15) is 9.59 Å². The fourth-order valence-corrected chi connectivity index (χ4v) is 4.86. The van der Waals surface area contributed by atoms with Crippen molar-refractivity contribution >= 4 is 33.3 Å². The highest BCUT2D eigenvalue weighted by atomic mass is 32.1. The lowest BCUT2D eigenvalue weighted by Crippen LogP contribution is -2.29. The van der Waals surface area contributed by atoms with Crippen molar-refractivity contribution in [2.75, 3.05) is 11.5 Å². The fourth-order valence-electron chi connectivity index (χ4n) is 3.98. The SMILES string of the molecule is CCCOc1cccc([C@H]2c3c(oc4ccccc4c3=O)C(=O)N2c2nnc(C(C)C)s2)c1. The number of rotatable bonds is 6. The largest absolute Gasteiger partial charge is 0.494 e. The van der Waals surface area contributed by atoms with Crippen LogP contribution in [0.25, 0.3) is 11.0 Å². The molecule has 0 spiro atoms. The van der Waals surface area contributed by atoms with Gasteiger partial charge in [0.15, 0.2) is 5.43 Å². The molecule has 5 rings (SSSR count). The van der Waals surface area contributed by atoms with Crippen LogP contribution in [0.2, 0.25) is 0 Å². The minimum absolute atomic E-state index is 0.0462. The van der Waals surface area contributed by atoms with E-state index < -0.39 is 11.9 Å². The van der Waals surface area contributed by atoms with Crippen molar-refractivity contribution in [3.8, 4) is 5.75 Å². The van der Waals surface area contributed by atoms with Gasteiger partial charge in [-0.15, -0.1) is 10.2 Å². The third-order valence-corrected chi connectivity index (χ3v) is 6.78. The van der Waals surface area contributed by atoms with Gasteiger partial charge in [-0.2, -0.15) is 0 Å². The molecule has 1 atom stereocenters. The van der Waals surface area contributed by atoms with E-state index in [0.29, 0.717) is 34.0 Å². The molecule has 0 unspecified atom stereocenters. The first-order valence-corrected chi connectivity index (χ1v) is 11.8. The molecule has 0 radical (unpaired) electrons. The summed E-state index contributed by atoms with van der Waals surface area (Å²) in [5, 5.41) is 10.3. The zero-order chi connectivity index (χ0) is 23.1. The Morgan fingerprint density at radius 2 is 1.94 bits per heavy atom. The lowest BCUT2D eigenvalue weighted by Gasteiger charge is -2.22. The quantitative estimate of drug-likeness (QED) is 0.387. The summed E-state index contributed by atoms with van der Waals surface area (Å²) < 4.78 is 11.8. The number of carbonyl (C=O) groups excluding carboxylic acids is 1. The molecule has 0 aliphatic carbocycles. The van der Waals surface area contributed by atoms with Crippen molar-refractivity contribution in [2.24, 2.45) is 0 Å². The highest BCUT2D eigenvalue weighted by Crippen LogP contribution is 2.43. The van der Waals surface area contributed by atoms with Gasteiger partial charge in [-0.3, -0.25) is 14.5 Å². The highest BCUT2D eigenvalue weighted by molar-refractivity contribution is 7.15. The van der Waals surface area contributed by atoms with Gasteiger partial charge in [-0.05, 0) is 36.2 Å². The number of benzene rings is 2. The highest BCUT2D eigenvalue weighted by Gasteiger charge is 2.45. The molecule has 0 saturated heterocycles. The van der Waals surface area contributed by atoms with E-state index >= 15 is 0 Å². The van der Waals surface area contributed by atoms with Crippen LogP contribution in [0, 0.1) is 0 Å². The summed E-state index contributed by atoms with van der Waals surface area (Å²) in [6.45, 7) is 6.66. The second-order valence-corrected chi connectivity index (χ2v) is 9.23. The van der Waals surface area contributed by atoms with Crippen LogP contribution in [-0.2, 0) is 0 Å². The Morgan fingerprint density at radius 1 is 1.12 bits per heavy atom. The molecule has 33 heavy (non-hydrogen) atoms. The van der Waals surface area contributed by atoms with E-state index in [1.54, 1.807) is 24.3 Å². The summed E-state index contributed by atoms with van der Waals surface area (Å²) in [6, 6.07) is 13.8. The van der Waals surface area contributed by atoms with Crippen LogP contribution in [0.3, 0.4) is 0 Å². The van der Waals surface area contributed by atoms with Gasteiger partial charge in [-0.1, -0.05) is 56.4 Å². The molecule has 1 aliphatic rings. The topological polar surface area (TPSA) is 85.5 Å². The van der Waals surface area contributed by atoms with Gasteiger partial charge in [0.2, 0.25) is 10.9 Å². The zero-order valence-corrected chi connectivity index (χ0v) is 19.4. The molecule has 1 amide bonds. The number of hydrogen-bond donors (Lipinski definition) is 0. The van der Waals surface area contributed by atoms with E-state index in [0.717, 1.165) is 17.0 Å². The van der Waals surface area contributed by atoms with Gasteiger partial charge in [0.05, 0.1) is 23.6 Å². The maximum absolute atomic E-state index is 13.6. The normalized spacial score (nSPS) is 15.5. The molecule has 8 heteroatoms. The predicted molar refractivity (Wildman–Crippen MR) is 127 cm³/mol. The number of ether oxygens (including phenoxy) is 1. The second kappa shape index (κ2) is 8.44. The van der Waals surface area contributed by atoms with Crippen molar-refractivity contribution in [3.05, 3.63) is 80.6 Å². The summed E-state index contributed by atoms with van der Waals surface area (Å²) >= 11 is 1.35. The van der Waals surface area contributed by atoms with Crippen molar-refractivity contribution < 1.29 is 13.9 Å². The number of aromatic nitrogens is 2. The van der Waals surface area contributed by atoms with Gasteiger partial charge in [-0.25, -0.2) is 0 Å². The van der Waals surface area contributed by atoms with E-state index in [1.165, 1.54) is 16.2 Å². The Hall–Kier alpha value is -3.52. The summed E-state index contributed by atoms with van der Waals surface area (Å²) in [5.41, 5.74) is 1.23. The third kappa shape index (κ3) is 3.60. The van der Waals surface area contributed by atoms with E-state index in [2.05, 4.69) is 10.2 Å². The Morgan fingerprint density at radius 3 is 2.70 bits per heavy atom. The van der Waals surface area contributed by atoms with Crippen molar-refractivity contribution in [1.82, 2.24) is 10.2 Å². The third-order valence-electron chi connectivity index (χ3n) is 5.55. The van der Waals surface area contributed by atoms with Crippen LogP contribution in [0.1, 0.15) is 65.8 Å². The summed E-state index contributed by atoms with van der Waals surface area (Å²) in [4.78, 5) is 28.7. The Kier molecular flexibility index (Phi) is 5.46. The van der Waals surface area contributed by atoms with Gasteiger partial charge >= 0.3 is 0 Å². The molecule has 3 heterocycles. The first-order chi connectivity index (χ1) is 16.0. The first-order valence-electron chi connectivity index (χ1n) is 10.9. The number of para-hydroxylation sites is 1. The minimum Gasteiger partial charge on any atom is -0.494 e. The fraction of sp³-hybridized carbons (Fsp3) is 0.280. The van der Waals surface area contributed by atoms with Gasteiger partial charge < -0.3 is 9.15 Å². The lowest BCUT2D eigenvalue weighted by molar-refractivity contribution is 0.0970. The summed E-state index contributed by atoms with van der Waals surface area (Å²) in [7, 11) is 0. The van der Waals surface area contributed by atoms with Crippen LogP contribution in [-0.4, -0.2) is 22.7 Å². The molecule has 0 bridgehead atoms. The van der Waals surface area contributed by atoms with Crippen molar-refractivity contribution in [2.45, 2.75) is 39.2 Å². The average molecular weight is 462 g/mol. The van der Waals surface area contributed by atoms with Crippen molar-refractivity contribution in [1.29, 1.82) is 0 Å². The van der Waals surface area contributed by atoms with E-state index in [4.69, 9.17) is 9.15 Å². The van der Waals surface area contributed by atoms with Crippen molar-refractivity contribution in [3.63, 3.8) is 0 Å². The Labute approximate surface area is 194 Å².